The Hall–Kier alpha value is -3.27. The van der Waals surface area contributed by atoms with Crippen molar-refractivity contribution in [2.45, 2.75) is 0 Å². The van der Waals surface area contributed by atoms with Crippen LogP contribution in [0.2, 0.25) is 0 Å². The van der Waals surface area contributed by atoms with Gasteiger partial charge in [0.2, 0.25) is 5.91 Å². The summed E-state index contributed by atoms with van der Waals surface area (Å²) in [5.41, 5.74) is 1.92. The van der Waals surface area contributed by atoms with Crippen molar-refractivity contribution < 1.29 is 9.90 Å². The lowest BCUT2D eigenvalue weighted by molar-refractivity contribution is -0.116. The van der Waals surface area contributed by atoms with Crippen molar-refractivity contribution in [3.8, 4) is 5.75 Å². The van der Waals surface area contributed by atoms with Gasteiger partial charge in [0.25, 0.3) is 0 Å². The van der Waals surface area contributed by atoms with Crippen LogP contribution in [0.4, 0.5) is 5.69 Å². The molecular formula is C21H20N2O2. The minimum absolute atomic E-state index is 0.146. The monoisotopic (exact) mass is 332 g/mol. The summed E-state index contributed by atoms with van der Waals surface area (Å²) >= 11 is 0. The molecule has 3 N–H and O–H groups in total. The number of anilines is 1. The van der Waals surface area contributed by atoms with Gasteiger partial charge in [-0.15, -0.1) is 0 Å². The molecule has 0 atom stereocenters. The molecule has 3 aromatic carbocycles. The van der Waals surface area contributed by atoms with E-state index in [1.807, 2.05) is 24.3 Å². The maximum atomic E-state index is 11.8. The molecular weight excluding hydrogens is 312 g/mol. The number of carbonyl (C=O) groups excluding carboxylic acids is 1. The zero-order valence-electron chi connectivity index (χ0n) is 13.8. The van der Waals surface area contributed by atoms with Gasteiger partial charge in [-0.25, -0.2) is 0 Å². The molecule has 4 nitrogen and oxygen atoms in total. The summed E-state index contributed by atoms with van der Waals surface area (Å²) < 4.78 is 0. The van der Waals surface area contributed by atoms with E-state index in [0.29, 0.717) is 13.1 Å². The molecule has 0 unspecified atom stereocenters. The minimum Gasteiger partial charge on any atom is -0.508 e. The Kier molecular flexibility index (Phi) is 5.32. The molecule has 0 aromatic heterocycles. The summed E-state index contributed by atoms with van der Waals surface area (Å²) in [5, 5.41) is 17.8. The number of carbonyl (C=O) groups is 1. The van der Waals surface area contributed by atoms with Gasteiger partial charge in [0.1, 0.15) is 5.75 Å². The molecule has 0 bridgehead atoms. The van der Waals surface area contributed by atoms with E-state index in [0.717, 1.165) is 11.3 Å². The first-order chi connectivity index (χ1) is 12.2. The second-order valence-electron chi connectivity index (χ2n) is 5.67. The Morgan fingerprint density at radius 3 is 2.52 bits per heavy atom. The number of phenolic OH excluding ortho intramolecular Hbond substituents is 1. The van der Waals surface area contributed by atoms with Crippen LogP contribution in [0.1, 0.15) is 5.56 Å². The lowest BCUT2D eigenvalue weighted by Gasteiger charge is -2.10. The highest BCUT2D eigenvalue weighted by atomic mass is 16.3. The topological polar surface area (TPSA) is 61.4 Å². The maximum absolute atomic E-state index is 11.8. The Labute approximate surface area is 146 Å². The van der Waals surface area contributed by atoms with E-state index in [4.69, 9.17) is 0 Å². The van der Waals surface area contributed by atoms with E-state index in [1.165, 1.54) is 16.8 Å². The molecule has 0 saturated heterocycles. The van der Waals surface area contributed by atoms with Gasteiger partial charge in [0.15, 0.2) is 0 Å². The smallest absolute Gasteiger partial charge is 0.244 e. The molecule has 0 aliphatic rings. The molecule has 1 amide bonds. The first-order valence-corrected chi connectivity index (χ1v) is 8.19. The average Bonchev–Trinajstić information content (AvgIpc) is 2.65. The number of amides is 1. The highest BCUT2D eigenvalue weighted by Gasteiger charge is 2.00. The summed E-state index contributed by atoms with van der Waals surface area (Å²) in [6.45, 7) is 1.18. The Bertz CT molecular complexity index is 881. The third-order valence-corrected chi connectivity index (χ3v) is 3.85. The molecule has 0 aliphatic heterocycles. The van der Waals surface area contributed by atoms with Crippen LogP contribution in [-0.2, 0) is 4.79 Å². The van der Waals surface area contributed by atoms with Crippen molar-refractivity contribution in [1.29, 1.82) is 0 Å². The van der Waals surface area contributed by atoms with Gasteiger partial charge < -0.3 is 15.7 Å². The number of aromatic hydroxyl groups is 1. The Balaban J connectivity index is 1.48. The fourth-order valence-electron chi connectivity index (χ4n) is 2.58. The third kappa shape index (κ3) is 4.61. The molecule has 0 fully saturated rings. The van der Waals surface area contributed by atoms with Gasteiger partial charge in [-0.2, -0.15) is 0 Å². The lowest BCUT2D eigenvalue weighted by atomic mass is 10.1. The summed E-state index contributed by atoms with van der Waals surface area (Å²) in [6, 6.07) is 21.0. The van der Waals surface area contributed by atoms with Gasteiger partial charge in [0.05, 0.1) is 0 Å². The Morgan fingerprint density at radius 1 is 0.920 bits per heavy atom. The normalized spacial score (nSPS) is 10.9. The summed E-state index contributed by atoms with van der Waals surface area (Å²) in [6.07, 6.45) is 3.21. The highest BCUT2D eigenvalue weighted by molar-refractivity contribution is 5.94. The first-order valence-electron chi connectivity index (χ1n) is 8.19. The summed E-state index contributed by atoms with van der Waals surface area (Å²) in [7, 11) is 0. The molecule has 0 aliphatic carbocycles. The minimum atomic E-state index is -0.146. The zero-order valence-corrected chi connectivity index (χ0v) is 13.8. The fraction of sp³-hybridized carbons (Fsp3) is 0.0952. The van der Waals surface area contributed by atoms with Crippen LogP contribution in [0, 0.1) is 0 Å². The van der Waals surface area contributed by atoms with Gasteiger partial charge in [-0.05, 0) is 35.2 Å². The van der Waals surface area contributed by atoms with Crippen LogP contribution in [0.15, 0.2) is 72.8 Å². The standard InChI is InChI=1S/C21H20N2O2/c24-18-11-8-16(9-12-18)10-13-21(25)23-15-14-22-20-7-3-5-17-4-1-2-6-19(17)20/h1-13,22,24H,14-15H2,(H,23,25)/b13-10+. The van der Waals surface area contributed by atoms with Crippen LogP contribution in [0.25, 0.3) is 16.8 Å². The molecule has 0 heterocycles. The van der Waals surface area contributed by atoms with Crippen molar-refractivity contribution in [2.75, 3.05) is 18.4 Å². The number of benzene rings is 3. The maximum Gasteiger partial charge on any atom is 0.244 e. The van der Waals surface area contributed by atoms with E-state index in [1.54, 1.807) is 30.3 Å². The summed E-state index contributed by atoms with van der Waals surface area (Å²) in [4.78, 5) is 11.8. The van der Waals surface area contributed by atoms with E-state index in [2.05, 4.69) is 28.8 Å². The number of hydrogen-bond acceptors (Lipinski definition) is 3. The molecule has 4 heteroatoms. The molecule has 0 radical (unpaired) electrons. The largest absolute Gasteiger partial charge is 0.508 e. The lowest BCUT2D eigenvalue weighted by Crippen LogP contribution is -2.27. The Morgan fingerprint density at radius 2 is 1.68 bits per heavy atom. The quantitative estimate of drug-likeness (QED) is 0.475. The predicted octanol–water partition coefficient (Wildman–Crippen LogP) is 3.79. The second-order valence-corrected chi connectivity index (χ2v) is 5.67. The van der Waals surface area contributed by atoms with Gasteiger partial charge in [-0.3, -0.25) is 4.79 Å². The van der Waals surface area contributed by atoms with E-state index < -0.39 is 0 Å². The molecule has 3 aromatic rings. The first kappa shape index (κ1) is 16.6. The number of fused-ring (bicyclic) bond motifs is 1. The molecule has 0 saturated carbocycles. The zero-order chi connectivity index (χ0) is 17.5. The second kappa shape index (κ2) is 8.02. The van der Waals surface area contributed by atoms with E-state index in [9.17, 15) is 9.90 Å². The summed E-state index contributed by atoms with van der Waals surface area (Å²) in [5.74, 6) is 0.0638. The van der Waals surface area contributed by atoms with Crippen LogP contribution >= 0.6 is 0 Å². The number of rotatable bonds is 6. The molecule has 25 heavy (non-hydrogen) atoms. The van der Waals surface area contributed by atoms with Crippen molar-refractivity contribution in [2.24, 2.45) is 0 Å². The highest BCUT2D eigenvalue weighted by Crippen LogP contribution is 2.22. The molecule has 3 rings (SSSR count). The average molecular weight is 332 g/mol. The molecule has 126 valence electrons. The van der Waals surface area contributed by atoms with Crippen LogP contribution in [-0.4, -0.2) is 24.1 Å². The van der Waals surface area contributed by atoms with Crippen LogP contribution in [0.3, 0.4) is 0 Å². The van der Waals surface area contributed by atoms with Crippen molar-refractivity contribution in [1.82, 2.24) is 5.32 Å². The number of hydrogen-bond donors (Lipinski definition) is 3. The van der Waals surface area contributed by atoms with Gasteiger partial charge in [0, 0.05) is 30.2 Å². The fourth-order valence-corrected chi connectivity index (χ4v) is 2.58. The third-order valence-electron chi connectivity index (χ3n) is 3.85. The van der Waals surface area contributed by atoms with Crippen molar-refractivity contribution in [3.05, 3.63) is 78.4 Å². The van der Waals surface area contributed by atoms with Crippen LogP contribution in [0.5, 0.6) is 5.75 Å². The van der Waals surface area contributed by atoms with Crippen molar-refractivity contribution in [3.63, 3.8) is 0 Å². The number of phenols is 1. The van der Waals surface area contributed by atoms with E-state index in [-0.39, 0.29) is 11.7 Å². The van der Waals surface area contributed by atoms with E-state index >= 15 is 0 Å². The SMILES string of the molecule is O=C(/C=C/c1ccc(O)cc1)NCCNc1cccc2ccccc12. The predicted molar refractivity (Wildman–Crippen MR) is 103 cm³/mol. The van der Waals surface area contributed by atoms with Crippen molar-refractivity contribution >= 4 is 28.4 Å². The number of nitrogens with one attached hydrogen (secondary N) is 2. The van der Waals surface area contributed by atoms with Gasteiger partial charge in [-0.1, -0.05) is 48.5 Å². The van der Waals surface area contributed by atoms with Crippen LogP contribution < -0.4 is 10.6 Å². The van der Waals surface area contributed by atoms with Gasteiger partial charge >= 0.3 is 0 Å². The molecule has 0 spiro atoms.